The van der Waals surface area contributed by atoms with Crippen LogP contribution in [0.15, 0.2) is 15.8 Å². The summed E-state index contributed by atoms with van der Waals surface area (Å²) in [5.74, 6) is 0. The van der Waals surface area contributed by atoms with Gasteiger partial charge in [0.1, 0.15) is 29.9 Å². The van der Waals surface area contributed by atoms with E-state index >= 15 is 0 Å². The van der Waals surface area contributed by atoms with Gasteiger partial charge >= 0.3 is 5.69 Å². The smallest absolute Gasteiger partial charge is 0.330 e. The number of hydrogen-bond donors (Lipinski definition) is 3. The second-order valence-electron chi connectivity index (χ2n) is 4.82. The average molecular weight is 347 g/mol. The molecule has 1 aromatic heterocycles. The summed E-state index contributed by atoms with van der Waals surface area (Å²) < 4.78 is 33.1. The highest BCUT2D eigenvalue weighted by Crippen LogP contribution is 2.31. The summed E-state index contributed by atoms with van der Waals surface area (Å²) in [5, 5.41) is 28.2. The van der Waals surface area contributed by atoms with Crippen LogP contribution in [0.2, 0.25) is 0 Å². The Hall–Kier alpha value is -2.04. The van der Waals surface area contributed by atoms with Gasteiger partial charge in [-0.1, -0.05) is 0 Å². The first kappa shape index (κ1) is 17.3. The number of nitriles is 1. The first-order valence-corrected chi connectivity index (χ1v) is 8.08. The lowest BCUT2D eigenvalue weighted by Crippen LogP contribution is -2.40. The third-order valence-corrected chi connectivity index (χ3v) is 3.71. The van der Waals surface area contributed by atoms with Crippen LogP contribution in [0.4, 0.5) is 0 Å². The normalized spacial score (nSPS) is 27.7. The predicted octanol–water partition coefficient (Wildman–Crippen LogP) is -3.00. The first-order valence-electron chi connectivity index (χ1n) is 6.26. The van der Waals surface area contributed by atoms with Crippen LogP contribution in [0.3, 0.4) is 0 Å². The molecule has 12 heteroatoms. The topological polar surface area (TPSA) is 172 Å². The summed E-state index contributed by atoms with van der Waals surface area (Å²) in [5.41, 5.74) is -2.30. The Kier molecular flexibility index (Phi) is 4.68. The van der Waals surface area contributed by atoms with E-state index in [1.807, 2.05) is 4.98 Å². The van der Waals surface area contributed by atoms with Gasteiger partial charge in [-0.15, -0.1) is 0 Å². The van der Waals surface area contributed by atoms with Crippen LogP contribution < -0.4 is 11.2 Å². The van der Waals surface area contributed by atoms with Gasteiger partial charge in [-0.25, -0.2) is 4.79 Å². The third kappa shape index (κ3) is 3.49. The molecule has 0 radical (unpaired) electrons. The summed E-state index contributed by atoms with van der Waals surface area (Å²) in [7, 11) is -3.97. The maximum absolute atomic E-state index is 11.8. The summed E-state index contributed by atoms with van der Waals surface area (Å²) >= 11 is 0. The van der Waals surface area contributed by atoms with Crippen LogP contribution >= 0.6 is 0 Å². The standard InChI is InChI=1S/C11H13N3O8S/c1-23(19,20)22-8-6(4-15)21-10(7(8)16)14-3-5(2-12)9(17)13-11(14)18/h3,6-8,10,15-16H,4H2,1H3,(H,13,17,18)/t6-,7-,8+,10-/m1/s1. The highest BCUT2D eigenvalue weighted by Gasteiger charge is 2.47. The van der Waals surface area contributed by atoms with Crippen molar-refractivity contribution >= 4 is 10.1 Å². The van der Waals surface area contributed by atoms with Crippen LogP contribution in [0.1, 0.15) is 11.8 Å². The molecule has 0 spiro atoms. The van der Waals surface area contributed by atoms with Crippen LogP contribution in [-0.2, 0) is 19.0 Å². The first-order chi connectivity index (χ1) is 10.7. The number of nitrogens with zero attached hydrogens (tertiary/aromatic N) is 2. The van der Waals surface area contributed by atoms with E-state index in [0.717, 1.165) is 17.0 Å². The summed E-state index contributed by atoms with van der Waals surface area (Å²) in [6.45, 7) is -0.684. The molecule has 4 atom stereocenters. The van der Waals surface area contributed by atoms with Gasteiger partial charge in [0, 0.05) is 6.20 Å². The van der Waals surface area contributed by atoms with E-state index in [1.165, 1.54) is 0 Å². The van der Waals surface area contributed by atoms with Crippen LogP contribution in [0.5, 0.6) is 0 Å². The fourth-order valence-electron chi connectivity index (χ4n) is 2.17. The molecule has 0 amide bonds. The van der Waals surface area contributed by atoms with Crippen molar-refractivity contribution in [3.8, 4) is 6.07 Å². The van der Waals surface area contributed by atoms with Gasteiger partial charge in [0.25, 0.3) is 15.7 Å². The van der Waals surface area contributed by atoms with Crippen LogP contribution in [0, 0.1) is 11.3 Å². The zero-order valence-corrected chi connectivity index (χ0v) is 12.6. The maximum atomic E-state index is 11.8. The lowest BCUT2D eigenvalue weighted by Gasteiger charge is -2.18. The Morgan fingerprint density at radius 1 is 1.52 bits per heavy atom. The van der Waals surface area contributed by atoms with Crippen LogP contribution in [-0.4, -0.2) is 59.4 Å². The SMILES string of the molecule is CS(=O)(=O)O[C@@H]1[C@@H](O)[C@H](n2cc(C#N)c(=O)[nH]c2=O)O[C@@H]1CO. The van der Waals surface area contributed by atoms with E-state index in [-0.39, 0.29) is 0 Å². The monoisotopic (exact) mass is 347 g/mol. The quantitative estimate of drug-likeness (QED) is 0.480. The number of ether oxygens (including phenoxy) is 1. The number of hydrogen-bond acceptors (Lipinski definition) is 9. The largest absolute Gasteiger partial charge is 0.394 e. The zero-order valence-electron chi connectivity index (χ0n) is 11.7. The fraction of sp³-hybridized carbons (Fsp3) is 0.545. The number of aromatic amines is 1. The molecular weight excluding hydrogens is 334 g/mol. The molecule has 0 unspecified atom stereocenters. The maximum Gasteiger partial charge on any atom is 0.330 e. The van der Waals surface area contributed by atoms with E-state index in [2.05, 4.69) is 4.18 Å². The molecule has 2 heterocycles. The molecule has 11 nitrogen and oxygen atoms in total. The molecule has 1 aromatic rings. The summed E-state index contributed by atoms with van der Waals surface area (Å²) in [6.07, 6.45) is -4.15. The summed E-state index contributed by atoms with van der Waals surface area (Å²) in [4.78, 5) is 25.0. The minimum Gasteiger partial charge on any atom is -0.394 e. The van der Waals surface area contributed by atoms with E-state index in [9.17, 15) is 28.2 Å². The van der Waals surface area contributed by atoms with Gasteiger partial charge in [0.2, 0.25) is 0 Å². The average Bonchev–Trinajstić information content (AvgIpc) is 2.74. The fourth-order valence-corrected chi connectivity index (χ4v) is 2.81. The molecule has 1 aliphatic heterocycles. The van der Waals surface area contributed by atoms with E-state index in [1.54, 1.807) is 6.07 Å². The Bertz CT molecular complexity index is 851. The van der Waals surface area contributed by atoms with E-state index < -0.39 is 58.1 Å². The molecule has 23 heavy (non-hydrogen) atoms. The Morgan fingerprint density at radius 2 is 2.17 bits per heavy atom. The van der Waals surface area contributed by atoms with Crippen molar-refractivity contribution in [1.82, 2.24) is 9.55 Å². The molecule has 2 rings (SSSR count). The van der Waals surface area contributed by atoms with Crippen molar-refractivity contribution in [1.29, 1.82) is 5.26 Å². The van der Waals surface area contributed by atoms with Gasteiger partial charge in [-0.2, -0.15) is 13.7 Å². The van der Waals surface area contributed by atoms with Crippen molar-refractivity contribution in [2.45, 2.75) is 24.5 Å². The number of aliphatic hydroxyl groups excluding tert-OH is 2. The molecule has 126 valence electrons. The van der Waals surface area contributed by atoms with Crippen molar-refractivity contribution in [3.63, 3.8) is 0 Å². The number of aliphatic hydroxyl groups is 2. The molecule has 1 fully saturated rings. The van der Waals surface area contributed by atoms with Crippen molar-refractivity contribution < 1.29 is 27.6 Å². The minimum atomic E-state index is -3.97. The number of H-pyrrole nitrogens is 1. The second-order valence-corrected chi connectivity index (χ2v) is 6.43. The highest BCUT2D eigenvalue weighted by molar-refractivity contribution is 7.86. The number of rotatable bonds is 4. The van der Waals surface area contributed by atoms with E-state index in [4.69, 9.17) is 10.00 Å². The Morgan fingerprint density at radius 3 is 2.70 bits per heavy atom. The van der Waals surface area contributed by atoms with Gasteiger partial charge in [-0.3, -0.25) is 18.5 Å². The van der Waals surface area contributed by atoms with Gasteiger partial charge in [-0.05, 0) is 0 Å². The van der Waals surface area contributed by atoms with Gasteiger partial charge in [0.05, 0.1) is 12.9 Å². The molecule has 0 aliphatic carbocycles. The van der Waals surface area contributed by atoms with Gasteiger partial charge < -0.3 is 14.9 Å². The molecule has 1 saturated heterocycles. The third-order valence-electron chi connectivity index (χ3n) is 3.14. The summed E-state index contributed by atoms with van der Waals surface area (Å²) in [6, 6.07) is 1.56. The Labute approximate surface area is 129 Å². The van der Waals surface area contributed by atoms with Crippen LogP contribution in [0.25, 0.3) is 0 Å². The molecule has 3 N–H and O–H groups in total. The van der Waals surface area contributed by atoms with E-state index in [0.29, 0.717) is 0 Å². The molecular formula is C11H13N3O8S. The van der Waals surface area contributed by atoms with Crippen molar-refractivity contribution in [3.05, 3.63) is 32.6 Å². The van der Waals surface area contributed by atoms with Crippen molar-refractivity contribution in [2.24, 2.45) is 0 Å². The number of nitrogens with one attached hydrogen (secondary N) is 1. The molecule has 0 saturated carbocycles. The molecule has 0 bridgehead atoms. The zero-order chi connectivity index (χ0) is 17.4. The molecule has 1 aliphatic rings. The predicted molar refractivity (Wildman–Crippen MR) is 72.8 cm³/mol. The lowest BCUT2D eigenvalue weighted by atomic mass is 10.1. The second kappa shape index (κ2) is 6.22. The lowest BCUT2D eigenvalue weighted by molar-refractivity contribution is -0.0544. The highest BCUT2D eigenvalue weighted by atomic mass is 32.2. The Balaban J connectivity index is 2.44. The number of aromatic nitrogens is 2. The van der Waals surface area contributed by atoms with Gasteiger partial charge in [0.15, 0.2) is 6.23 Å². The molecule has 0 aromatic carbocycles. The minimum absolute atomic E-state index is 0.409. The van der Waals surface area contributed by atoms with Crippen molar-refractivity contribution in [2.75, 3.05) is 12.9 Å².